The molecule has 1 N–H and O–H groups in total. The third kappa shape index (κ3) is 5.56. The van der Waals surface area contributed by atoms with Crippen LogP contribution >= 0.6 is 0 Å². The van der Waals surface area contributed by atoms with Crippen molar-refractivity contribution in [3.8, 4) is 28.9 Å². The molecule has 2 aliphatic rings. The lowest BCUT2D eigenvalue weighted by Gasteiger charge is -2.25. The summed E-state index contributed by atoms with van der Waals surface area (Å²) in [5.74, 6) is -2.86. The summed E-state index contributed by atoms with van der Waals surface area (Å²) in [6.45, 7) is 1.42. The van der Waals surface area contributed by atoms with E-state index in [1.165, 1.54) is 49.4 Å². The number of alkyl halides is 5. The van der Waals surface area contributed by atoms with Crippen LogP contribution in [-0.2, 0) is 12.6 Å². The number of hydrogen-bond donors (Lipinski definition) is 1. The molecule has 1 aliphatic heterocycles. The molecule has 4 aromatic rings. The monoisotopic (exact) mass is 621 g/mol. The number of ether oxygens (including phenoxy) is 4. The molecule has 2 atom stereocenters. The van der Waals surface area contributed by atoms with Crippen LogP contribution < -0.4 is 18.9 Å². The minimum Gasteiger partial charge on any atom is -0.484 e. The molecule has 2 aromatic heterocycles. The van der Waals surface area contributed by atoms with Crippen molar-refractivity contribution in [1.29, 1.82) is 0 Å². The van der Waals surface area contributed by atoms with E-state index in [1.807, 2.05) is 0 Å². The highest BCUT2D eigenvalue weighted by molar-refractivity contribution is 5.87. The van der Waals surface area contributed by atoms with Gasteiger partial charge in [0.1, 0.15) is 23.8 Å². The second-order valence-corrected chi connectivity index (χ2v) is 10.0. The number of benzene rings is 2. The number of rotatable bonds is 7. The number of carboxylic acid groups (broad SMARTS) is 1. The van der Waals surface area contributed by atoms with Gasteiger partial charge < -0.3 is 24.1 Å². The van der Waals surface area contributed by atoms with E-state index >= 15 is 0 Å². The van der Waals surface area contributed by atoms with Gasteiger partial charge in [0, 0.05) is 23.3 Å². The minimum atomic E-state index is -4.78. The van der Waals surface area contributed by atoms with E-state index in [9.17, 15) is 31.1 Å². The summed E-state index contributed by atoms with van der Waals surface area (Å²) in [4.78, 5) is 15.5. The Morgan fingerprint density at radius 3 is 2.50 bits per heavy atom. The van der Waals surface area contributed by atoms with Crippen molar-refractivity contribution in [3.63, 3.8) is 0 Å². The van der Waals surface area contributed by atoms with Crippen LogP contribution in [0.2, 0.25) is 0 Å². The maximum atomic E-state index is 14.7. The number of halogens is 6. The Morgan fingerprint density at radius 2 is 1.82 bits per heavy atom. The number of pyridine rings is 1. The molecule has 9 nitrogen and oxygen atoms in total. The number of hydrogen-bond acceptors (Lipinski definition) is 7. The minimum absolute atomic E-state index is 0.0138. The molecule has 0 bridgehead atoms. The van der Waals surface area contributed by atoms with Crippen molar-refractivity contribution in [2.24, 2.45) is 0 Å². The number of carboxylic acids is 1. The largest absolute Gasteiger partial charge is 0.586 e. The van der Waals surface area contributed by atoms with E-state index in [1.54, 1.807) is 0 Å². The Labute approximate surface area is 244 Å². The Balaban J connectivity index is 1.32. The number of aromatic carboxylic acids is 1. The zero-order chi connectivity index (χ0) is 31.4. The SMILES string of the molecule is C[C@H](Oc1cccc(-n2nc(C(F)(F)F)c3c2[C@@H](Oc2ccc(C(=O)O)cc2)CCC3)n1)c1cc2c(cc1F)OC(F)(F)O2. The van der Waals surface area contributed by atoms with Crippen molar-refractivity contribution in [2.45, 2.75) is 50.9 Å². The van der Waals surface area contributed by atoms with Crippen LogP contribution in [-0.4, -0.2) is 32.1 Å². The van der Waals surface area contributed by atoms with E-state index in [0.717, 1.165) is 16.8 Å². The lowest BCUT2D eigenvalue weighted by molar-refractivity contribution is -0.286. The van der Waals surface area contributed by atoms with Crippen LogP contribution in [0.4, 0.5) is 26.3 Å². The van der Waals surface area contributed by atoms with Gasteiger partial charge in [-0.2, -0.15) is 23.3 Å². The maximum absolute atomic E-state index is 14.7. The lowest BCUT2D eigenvalue weighted by atomic mass is 9.93. The average Bonchev–Trinajstić information content (AvgIpc) is 3.50. The van der Waals surface area contributed by atoms with Gasteiger partial charge in [0.2, 0.25) is 5.88 Å². The average molecular weight is 621 g/mol. The Bertz CT molecular complexity index is 1740. The molecule has 0 saturated heterocycles. The quantitative estimate of drug-likeness (QED) is 0.219. The molecule has 230 valence electrons. The molecule has 0 radical (unpaired) electrons. The normalized spacial score (nSPS) is 17.6. The maximum Gasteiger partial charge on any atom is 0.586 e. The van der Waals surface area contributed by atoms with Gasteiger partial charge in [0.05, 0.1) is 11.3 Å². The van der Waals surface area contributed by atoms with Crippen molar-refractivity contribution in [2.75, 3.05) is 0 Å². The van der Waals surface area contributed by atoms with Crippen molar-refractivity contribution < 1.29 is 55.2 Å². The van der Waals surface area contributed by atoms with Crippen molar-refractivity contribution in [3.05, 3.63) is 88.5 Å². The van der Waals surface area contributed by atoms with Gasteiger partial charge in [-0.1, -0.05) is 6.07 Å². The predicted octanol–water partition coefficient (Wildman–Crippen LogP) is 7.04. The Morgan fingerprint density at radius 1 is 1.11 bits per heavy atom. The van der Waals surface area contributed by atoms with E-state index in [0.29, 0.717) is 12.8 Å². The first-order valence-electron chi connectivity index (χ1n) is 13.2. The zero-order valence-electron chi connectivity index (χ0n) is 22.6. The van der Waals surface area contributed by atoms with E-state index in [2.05, 4.69) is 19.6 Å². The van der Waals surface area contributed by atoms with Crippen LogP contribution in [0.25, 0.3) is 5.82 Å². The lowest BCUT2D eigenvalue weighted by Crippen LogP contribution is -2.25. The van der Waals surface area contributed by atoms with Gasteiger partial charge in [0.15, 0.2) is 23.0 Å². The second kappa shape index (κ2) is 10.6. The predicted molar refractivity (Wildman–Crippen MR) is 138 cm³/mol. The van der Waals surface area contributed by atoms with E-state index in [4.69, 9.17) is 14.6 Å². The van der Waals surface area contributed by atoms with E-state index in [-0.39, 0.29) is 46.3 Å². The summed E-state index contributed by atoms with van der Waals surface area (Å²) >= 11 is 0. The molecule has 0 saturated carbocycles. The molecule has 6 rings (SSSR count). The van der Waals surface area contributed by atoms with Gasteiger partial charge in [-0.05, 0) is 62.6 Å². The molecule has 2 aromatic carbocycles. The topological polar surface area (TPSA) is 105 Å². The van der Waals surface area contributed by atoms with Gasteiger partial charge in [-0.15, -0.1) is 8.78 Å². The fourth-order valence-corrected chi connectivity index (χ4v) is 5.13. The third-order valence-electron chi connectivity index (χ3n) is 7.05. The highest BCUT2D eigenvalue weighted by atomic mass is 19.4. The molecule has 0 unspecified atom stereocenters. The molecule has 0 amide bonds. The van der Waals surface area contributed by atoms with Gasteiger partial charge >= 0.3 is 18.4 Å². The molecule has 15 heteroatoms. The highest BCUT2D eigenvalue weighted by Crippen LogP contribution is 2.44. The number of nitrogens with zero attached hydrogens (tertiary/aromatic N) is 3. The first-order valence-corrected chi connectivity index (χ1v) is 13.2. The van der Waals surface area contributed by atoms with Crippen molar-refractivity contribution >= 4 is 5.97 Å². The first kappa shape index (κ1) is 29.1. The van der Waals surface area contributed by atoms with Crippen LogP contribution in [0.5, 0.6) is 23.1 Å². The van der Waals surface area contributed by atoms with E-state index < -0.39 is 53.7 Å². The van der Waals surface area contributed by atoms with Crippen LogP contribution in [0, 0.1) is 5.82 Å². The van der Waals surface area contributed by atoms with Crippen LogP contribution in [0.15, 0.2) is 54.6 Å². The molecule has 1 aliphatic carbocycles. The van der Waals surface area contributed by atoms with Gasteiger partial charge in [-0.3, -0.25) is 0 Å². The van der Waals surface area contributed by atoms with Crippen LogP contribution in [0.1, 0.15) is 64.8 Å². The summed E-state index contributed by atoms with van der Waals surface area (Å²) in [5.41, 5.74) is -1.18. The molecular formula is C29H21F6N3O6. The molecular weight excluding hydrogens is 600 g/mol. The summed E-state index contributed by atoms with van der Waals surface area (Å²) in [5, 5.41) is 13.0. The smallest absolute Gasteiger partial charge is 0.484 e. The summed E-state index contributed by atoms with van der Waals surface area (Å²) < 4.78 is 105. The van der Waals surface area contributed by atoms with Crippen LogP contribution in [0.3, 0.4) is 0 Å². The molecule has 3 heterocycles. The Kier molecular flexibility index (Phi) is 7.05. The zero-order valence-corrected chi connectivity index (χ0v) is 22.6. The second-order valence-electron chi connectivity index (χ2n) is 10.0. The molecule has 0 spiro atoms. The summed E-state index contributed by atoms with van der Waals surface area (Å²) in [6, 6.07) is 11.4. The molecule has 44 heavy (non-hydrogen) atoms. The number of aromatic nitrogens is 3. The number of fused-ring (bicyclic) bond motifs is 2. The third-order valence-corrected chi connectivity index (χ3v) is 7.05. The first-order chi connectivity index (χ1) is 20.8. The highest BCUT2D eigenvalue weighted by Gasteiger charge is 2.45. The Hall–Kier alpha value is -4.95. The summed E-state index contributed by atoms with van der Waals surface area (Å²) in [6.07, 6.45) is -9.91. The molecule has 0 fully saturated rings. The summed E-state index contributed by atoms with van der Waals surface area (Å²) in [7, 11) is 0. The van der Waals surface area contributed by atoms with Gasteiger partial charge in [-0.25, -0.2) is 13.9 Å². The number of carbonyl (C=O) groups is 1. The van der Waals surface area contributed by atoms with Gasteiger partial charge in [0.25, 0.3) is 0 Å². The van der Waals surface area contributed by atoms with Crippen molar-refractivity contribution in [1.82, 2.24) is 14.8 Å². The standard InChI is InChI=1S/C29H21F6N3O6/c1-14(18-12-21-22(13-19(18)30)44-29(34,35)43-21)41-24-7-3-6-23(36-24)38-25-17(26(37-38)28(31,32)33)4-2-5-20(25)42-16-10-8-15(9-11-16)27(39)40/h3,6-14,20H,2,4-5H2,1H3,(H,39,40)/t14-,20-/m0/s1. The fraction of sp³-hybridized carbons (Fsp3) is 0.276. The fourth-order valence-electron chi connectivity index (χ4n) is 5.13.